The topological polar surface area (TPSA) is 161 Å². The summed E-state index contributed by atoms with van der Waals surface area (Å²) in [7, 11) is 4.65. The van der Waals surface area contributed by atoms with Gasteiger partial charge in [-0.1, -0.05) is 0 Å². The molecule has 0 aliphatic rings. The third-order valence-corrected chi connectivity index (χ3v) is 4.92. The van der Waals surface area contributed by atoms with E-state index in [9.17, 15) is 4.79 Å². The summed E-state index contributed by atoms with van der Waals surface area (Å²) in [6.07, 6.45) is 4.57. The number of aryl methyl sites for hydroxylation is 1. The number of rotatable bonds is 9. The Hall–Kier alpha value is -4.25. The van der Waals surface area contributed by atoms with E-state index in [2.05, 4.69) is 20.3 Å². The molecule has 0 spiro atoms. The molecule has 34 heavy (non-hydrogen) atoms. The Kier molecular flexibility index (Phi) is 7.59. The summed E-state index contributed by atoms with van der Waals surface area (Å²) in [5.41, 5.74) is 8.17. The van der Waals surface area contributed by atoms with Crippen LogP contribution in [0.5, 0.6) is 11.5 Å². The van der Waals surface area contributed by atoms with E-state index >= 15 is 0 Å². The van der Waals surface area contributed by atoms with E-state index in [1.807, 2.05) is 0 Å². The Bertz CT molecular complexity index is 1280. The predicted molar refractivity (Wildman–Crippen MR) is 130 cm³/mol. The minimum absolute atomic E-state index is 0.0563. The zero-order chi connectivity index (χ0) is 24.8. The molecule has 0 atom stereocenters. The lowest BCUT2D eigenvalue weighted by atomic mass is 10.1. The quantitative estimate of drug-likeness (QED) is 0.271. The number of anilines is 1. The summed E-state index contributed by atoms with van der Waals surface area (Å²) in [5.74, 6) is 1.14. The Morgan fingerprint density at radius 3 is 2.47 bits per heavy atom. The molecule has 1 aromatic carbocycles. The van der Waals surface area contributed by atoms with Gasteiger partial charge in [-0.25, -0.2) is 15.0 Å². The normalized spacial score (nSPS) is 11.3. The Balaban J connectivity index is 2.18. The smallest absolute Gasteiger partial charge is 0.276 e. The highest BCUT2D eigenvalue weighted by atomic mass is 16.5. The Morgan fingerprint density at radius 1 is 1.21 bits per heavy atom. The first kappa shape index (κ1) is 24.4. The molecular weight excluding hydrogens is 438 g/mol. The maximum atomic E-state index is 12.9. The number of hydrogen-bond acceptors (Lipinski definition) is 10. The number of ether oxygens (including phenoxy) is 2. The standard InChI is InChI=1S/C23H27N7O4/c1-13(24)17(10-26-5-6-31)18-11-27-22(25)21(28-18)19-12-30(2)23(32)20(29-19)14-7-15(33-3)9-16(8-14)34-4/h7-12,24,26,31H,5-6H2,1-4H3,(H2,25,27)/b17-10+,24-13?. The number of benzene rings is 1. The van der Waals surface area contributed by atoms with Crippen LogP contribution in [0, 0.1) is 5.41 Å². The molecule has 0 aliphatic heterocycles. The van der Waals surface area contributed by atoms with Crippen LogP contribution >= 0.6 is 0 Å². The maximum absolute atomic E-state index is 12.9. The van der Waals surface area contributed by atoms with Gasteiger partial charge < -0.3 is 35.6 Å². The first-order valence-corrected chi connectivity index (χ1v) is 10.3. The predicted octanol–water partition coefficient (Wildman–Crippen LogP) is 1.47. The SMILES string of the molecule is COc1cc(OC)cc(-c2nc(-c3nc(/C(=C/NCCO)C(C)=N)cnc3N)cn(C)c2=O)c1. The largest absolute Gasteiger partial charge is 0.497 e. The molecule has 178 valence electrons. The second-order valence-corrected chi connectivity index (χ2v) is 7.34. The third kappa shape index (κ3) is 5.21. The van der Waals surface area contributed by atoms with E-state index < -0.39 is 0 Å². The van der Waals surface area contributed by atoms with Crippen LogP contribution in [0.15, 0.2) is 41.6 Å². The number of aliphatic hydroxyl groups excluding tert-OH is 1. The van der Waals surface area contributed by atoms with Crippen LogP contribution in [0.2, 0.25) is 0 Å². The molecule has 0 saturated carbocycles. The third-order valence-electron chi connectivity index (χ3n) is 4.92. The van der Waals surface area contributed by atoms with Crippen LogP contribution in [0.3, 0.4) is 0 Å². The van der Waals surface area contributed by atoms with Crippen LogP contribution in [0.1, 0.15) is 12.6 Å². The summed E-state index contributed by atoms with van der Waals surface area (Å²) in [4.78, 5) is 26.3. The fourth-order valence-corrected chi connectivity index (χ4v) is 3.18. The number of methoxy groups -OCH3 is 2. The van der Waals surface area contributed by atoms with Crippen molar-refractivity contribution < 1.29 is 14.6 Å². The average Bonchev–Trinajstić information content (AvgIpc) is 2.83. The molecule has 0 aliphatic carbocycles. The lowest BCUT2D eigenvalue weighted by Crippen LogP contribution is -2.21. The van der Waals surface area contributed by atoms with Crippen LogP contribution in [0.4, 0.5) is 5.82 Å². The molecule has 2 aromatic heterocycles. The van der Waals surface area contributed by atoms with Crippen LogP contribution < -0.4 is 26.1 Å². The van der Waals surface area contributed by atoms with Crippen molar-refractivity contribution in [1.82, 2.24) is 24.8 Å². The van der Waals surface area contributed by atoms with Crippen molar-refractivity contribution in [2.45, 2.75) is 6.92 Å². The zero-order valence-electron chi connectivity index (χ0n) is 19.4. The summed E-state index contributed by atoms with van der Waals surface area (Å²) >= 11 is 0. The van der Waals surface area contributed by atoms with Crippen LogP contribution in [-0.2, 0) is 7.05 Å². The number of aliphatic hydroxyl groups is 1. The summed E-state index contributed by atoms with van der Waals surface area (Å²) < 4.78 is 12.0. The van der Waals surface area contributed by atoms with Crippen molar-refractivity contribution in [3.63, 3.8) is 0 Å². The van der Waals surface area contributed by atoms with Crippen molar-refractivity contribution >= 4 is 17.1 Å². The lowest BCUT2D eigenvalue weighted by molar-refractivity contribution is 0.298. The molecule has 0 saturated heterocycles. The van der Waals surface area contributed by atoms with Gasteiger partial charge in [0.15, 0.2) is 5.82 Å². The highest BCUT2D eigenvalue weighted by Gasteiger charge is 2.18. The number of allylic oxidation sites excluding steroid dienone is 1. The van der Waals surface area contributed by atoms with E-state index in [0.717, 1.165) is 0 Å². The monoisotopic (exact) mass is 465 g/mol. The number of nitrogens with two attached hydrogens (primary N) is 1. The highest BCUT2D eigenvalue weighted by Crippen LogP contribution is 2.29. The van der Waals surface area contributed by atoms with E-state index in [1.165, 1.54) is 31.2 Å². The maximum Gasteiger partial charge on any atom is 0.276 e. The average molecular weight is 466 g/mol. The molecule has 11 heteroatoms. The van der Waals surface area contributed by atoms with Crippen molar-refractivity contribution in [2.24, 2.45) is 7.05 Å². The summed E-state index contributed by atoms with van der Waals surface area (Å²) in [6, 6.07) is 5.07. The molecule has 0 radical (unpaired) electrons. The van der Waals surface area contributed by atoms with E-state index in [4.69, 9.17) is 25.7 Å². The summed E-state index contributed by atoms with van der Waals surface area (Å²) in [5, 5.41) is 20.0. The van der Waals surface area contributed by atoms with Crippen LogP contribution in [0.25, 0.3) is 28.2 Å². The number of nitrogen functional groups attached to an aromatic ring is 1. The van der Waals surface area contributed by atoms with Crippen molar-refractivity contribution in [3.8, 4) is 34.1 Å². The number of hydrogen-bond donors (Lipinski definition) is 4. The van der Waals surface area contributed by atoms with Gasteiger partial charge >= 0.3 is 0 Å². The minimum Gasteiger partial charge on any atom is -0.497 e. The van der Waals surface area contributed by atoms with Gasteiger partial charge in [0.05, 0.1) is 32.7 Å². The molecule has 3 rings (SSSR count). The molecule has 0 amide bonds. The fraction of sp³-hybridized carbons (Fsp3) is 0.261. The van der Waals surface area contributed by atoms with Gasteiger partial charge in [-0.2, -0.15) is 0 Å². The van der Waals surface area contributed by atoms with E-state index in [0.29, 0.717) is 40.6 Å². The van der Waals surface area contributed by atoms with Gasteiger partial charge in [-0.05, 0) is 19.1 Å². The van der Waals surface area contributed by atoms with Gasteiger partial charge in [-0.3, -0.25) is 4.79 Å². The van der Waals surface area contributed by atoms with E-state index in [-0.39, 0.29) is 35.1 Å². The van der Waals surface area contributed by atoms with Gasteiger partial charge in [0.2, 0.25) is 0 Å². The first-order valence-electron chi connectivity index (χ1n) is 10.3. The minimum atomic E-state index is -0.328. The van der Waals surface area contributed by atoms with E-state index in [1.54, 1.807) is 38.4 Å². The Labute approximate surface area is 196 Å². The van der Waals surface area contributed by atoms with Crippen LogP contribution in [-0.4, -0.2) is 57.7 Å². The number of nitrogens with one attached hydrogen (secondary N) is 2. The second-order valence-electron chi connectivity index (χ2n) is 7.34. The number of nitrogens with zero attached hydrogens (tertiary/aromatic N) is 4. The molecule has 0 bridgehead atoms. The second kappa shape index (κ2) is 10.6. The van der Waals surface area contributed by atoms with Gasteiger partial charge in [0.25, 0.3) is 5.56 Å². The molecule has 2 heterocycles. The van der Waals surface area contributed by atoms with Gasteiger partial charge in [-0.15, -0.1) is 0 Å². The molecule has 5 N–H and O–H groups in total. The fourth-order valence-electron chi connectivity index (χ4n) is 3.18. The Morgan fingerprint density at radius 2 is 1.88 bits per heavy atom. The first-order chi connectivity index (χ1) is 16.3. The molecule has 0 unspecified atom stereocenters. The number of aromatic nitrogens is 4. The van der Waals surface area contributed by atoms with Crippen molar-refractivity contribution in [1.29, 1.82) is 5.41 Å². The highest BCUT2D eigenvalue weighted by molar-refractivity contribution is 6.20. The van der Waals surface area contributed by atoms with Gasteiger partial charge in [0.1, 0.15) is 28.6 Å². The molecule has 11 nitrogen and oxygen atoms in total. The van der Waals surface area contributed by atoms with Gasteiger partial charge in [0, 0.05) is 48.9 Å². The zero-order valence-corrected chi connectivity index (χ0v) is 19.4. The van der Waals surface area contributed by atoms with Crippen molar-refractivity contribution in [2.75, 3.05) is 33.1 Å². The molecule has 3 aromatic rings. The lowest BCUT2D eigenvalue weighted by Gasteiger charge is -2.13. The molecule has 0 fully saturated rings. The summed E-state index contributed by atoms with van der Waals surface area (Å²) in [6.45, 7) is 1.88. The van der Waals surface area contributed by atoms with Crippen molar-refractivity contribution in [3.05, 3.63) is 52.8 Å². The molecular formula is C23H27N7O4.